The predicted molar refractivity (Wildman–Crippen MR) is 69.0 cm³/mol. The van der Waals surface area contributed by atoms with Crippen LogP contribution in [0.5, 0.6) is 0 Å². The van der Waals surface area contributed by atoms with E-state index in [1.807, 2.05) is 19.0 Å². The van der Waals surface area contributed by atoms with Crippen LogP contribution in [-0.2, 0) is 6.42 Å². The van der Waals surface area contributed by atoms with Crippen LogP contribution < -0.4 is 4.90 Å². The maximum Gasteiger partial charge on any atom is 0.142 e. The molecular weight excluding hydrogens is 237 g/mol. The molecule has 0 aromatic carbocycles. The zero-order valence-electron chi connectivity index (χ0n) is 10.1. The molecule has 0 fully saturated rings. The molecule has 0 aliphatic carbocycles. The van der Waals surface area contributed by atoms with Crippen molar-refractivity contribution in [3.05, 3.63) is 30.0 Å². The smallest absolute Gasteiger partial charge is 0.142 e. The second-order valence-electron chi connectivity index (χ2n) is 3.91. The quantitative estimate of drug-likeness (QED) is 0.839. The molecule has 0 bridgehead atoms. The molecule has 17 heavy (non-hydrogen) atoms. The van der Waals surface area contributed by atoms with Gasteiger partial charge in [-0.3, -0.25) is 4.98 Å². The maximum atomic E-state index is 13.1. The third kappa shape index (κ3) is 2.44. The molecule has 90 valence electrons. The fraction of sp³-hybridized carbons (Fsp3) is 0.333. The summed E-state index contributed by atoms with van der Waals surface area (Å²) >= 11 is 1.56. The van der Waals surface area contributed by atoms with E-state index in [-0.39, 0.29) is 5.82 Å². The van der Waals surface area contributed by atoms with E-state index in [9.17, 15) is 4.39 Å². The van der Waals surface area contributed by atoms with Crippen molar-refractivity contribution in [2.45, 2.75) is 13.3 Å². The molecule has 0 N–H and O–H groups in total. The Labute approximate surface area is 104 Å². The van der Waals surface area contributed by atoms with E-state index in [0.717, 1.165) is 27.7 Å². The zero-order valence-corrected chi connectivity index (χ0v) is 10.9. The average Bonchev–Trinajstić information content (AvgIpc) is 2.73. The Balaban J connectivity index is 2.46. The number of pyridine rings is 1. The predicted octanol–water partition coefficient (Wildman–Crippen LogP) is 2.97. The first kappa shape index (κ1) is 12.0. The second kappa shape index (κ2) is 4.79. The fourth-order valence-corrected chi connectivity index (χ4v) is 2.63. The average molecular weight is 251 g/mol. The van der Waals surface area contributed by atoms with Gasteiger partial charge in [-0.15, -0.1) is 0 Å². The highest BCUT2D eigenvalue weighted by molar-refractivity contribution is 7.19. The van der Waals surface area contributed by atoms with Crippen molar-refractivity contribution in [1.82, 2.24) is 9.97 Å². The maximum absolute atomic E-state index is 13.1. The molecule has 3 nitrogen and oxygen atoms in total. The molecule has 0 spiro atoms. The summed E-state index contributed by atoms with van der Waals surface area (Å²) in [6.45, 7) is 2.07. The number of nitrogens with zero attached hydrogens (tertiary/aromatic N) is 3. The molecule has 2 heterocycles. The van der Waals surface area contributed by atoms with Gasteiger partial charge in [0.25, 0.3) is 0 Å². The number of hydrogen-bond acceptors (Lipinski definition) is 4. The largest absolute Gasteiger partial charge is 0.368 e. The lowest BCUT2D eigenvalue weighted by Gasteiger charge is -2.09. The number of aryl methyl sites for hydroxylation is 1. The topological polar surface area (TPSA) is 29.0 Å². The van der Waals surface area contributed by atoms with Crippen LogP contribution in [0, 0.1) is 5.82 Å². The van der Waals surface area contributed by atoms with Crippen molar-refractivity contribution in [2.24, 2.45) is 0 Å². The van der Waals surface area contributed by atoms with E-state index < -0.39 is 0 Å². The van der Waals surface area contributed by atoms with Gasteiger partial charge >= 0.3 is 0 Å². The summed E-state index contributed by atoms with van der Waals surface area (Å²) in [4.78, 5) is 10.4. The Morgan fingerprint density at radius 3 is 2.65 bits per heavy atom. The Kier molecular flexibility index (Phi) is 3.38. The number of rotatable bonds is 3. The molecular formula is C12H14FN3S. The Bertz CT molecular complexity index is 522. The molecule has 0 aliphatic heterocycles. The summed E-state index contributed by atoms with van der Waals surface area (Å²) in [5.74, 6) is -0.331. The highest BCUT2D eigenvalue weighted by Gasteiger charge is 2.13. The third-order valence-corrected chi connectivity index (χ3v) is 3.68. The minimum Gasteiger partial charge on any atom is -0.368 e. The van der Waals surface area contributed by atoms with E-state index in [4.69, 9.17) is 0 Å². The Morgan fingerprint density at radius 1 is 1.35 bits per heavy atom. The summed E-state index contributed by atoms with van der Waals surface area (Å²) in [5.41, 5.74) is 1.78. The Morgan fingerprint density at radius 2 is 2.12 bits per heavy atom. The van der Waals surface area contributed by atoms with Crippen molar-refractivity contribution in [3.8, 4) is 10.6 Å². The molecule has 2 aromatic rings. The van der Waals surface area contributed by atoms with Gasteiger partial charge in [-0.1, -0.05) is 18.3 Å². The summed E-state index contributed by atoms with van der Waals surface area (Å²) in [5, 5.41) is 1.93. The molecule has 0 saturated carbocycles. The number of thiazole rings is 1. The number of aromatic nitrogens is 2. The summed E-state index contributed by atoms with van der Waals surface area (Å²) < 4.78 is 13.1. The van der Waals surface area contributed by atoms with Gasteiger partial charge < -0.3 is 4.90 Å². The van der Waals surface area contributed by atoms with Crippen LogP contribution in [-0.4, -0.2) is 24.1 Å². The van der Waals surface area contributed by atoms with Gasteiger partial charge in [-0.2, -0.15) is 0 Å². The van der Waals surface area contributed by atoms with Gasteiger partial charge in [0.05, 0.1) is 11.9 Å². The normalized spacial score (nSPS) is 10.6. The van der Waals surface area contributed by atoms with Crippen LogP contribution in [0.3, 0.4) is 0 Å². The van der Waals surface area contributed by atoms with E-state index >= 15 is 0 Å². The van der Waals surface area contributed by atoms with Crippen LogP contribution in [0.25, 0.3) is 10.6 Å². The van der Waals surface area contributed by atoms with Gasteiger partial charge in [0.2, 0.25) is 0 Å². The SMILES string of the molecule is CCc1nc(-c2cncc(F)c2)sc1N(C)C. The van der Waals surface area contributed by atoms with E-state index in [1.54, 1.807) is 17.5 Å². The second-order valence-corrected chi connectivity index (χ2v) is 4.89. The van der Waals surface area contributed by atoms with Gasteiger partial charge in [-0.05, 0) is 12.5 Å². The number of halogens is 1. The molecule has 2 rings (SSSR count). The minimum absolute atomic E-state index is 0.331. The van der Waals surface area contributed by atoms with Gasteiger partial charge in [0.15, 0.2) is 0 Å². The summed E-state index contributed by atoms with van der Waals surface area (Å²) in [6, 6.07) is 1.46. The van der Waals surface area contributed by atoms with Crippen molar-refractivity contribution in [2.75, 3.05) is 19.0 Å². The van der Waals surface area contributed by atoms with Crippen molar-refractivity contribution in [3.63, 3.8) is 0 Å². The first-order valence-electron chi connectivity index (χ1n) is 5.39. The molecule has 0 aliphatic rings. The molecule has 0 amide bonds. The van der Waals surface area contributed by atoms with Crippen LogP contribution in [0.1, 0.15) is 12.6 Å². The first-order chi connectivity index (χ1) is 8.11. The van der Waals surface area contributed by atoms with Crippen molar-refractivity contribution < 1.29 is 4.39 Å². The molecule has 0 unspecified atom stereocenters. The standard InChI is InChI=1S/C12H14FN3S/c1-4-10-12(16(2)3)17-11(15-10)8-5-9(13)7-14-6-8/h5-7H,4H2,1-3H3. The lowest BCUT2D eigenvalue weighted by atomic mass is 10.3. The van der Waals surface area contributed by atoms with Crippen molar-refractivity contribution in [1.29, 1.82) is 0 Å². The van der Waals surface area contributed by atoms with Crippen LogP contribution in [0.4, 0.5) is 9.39 Å². The van der Waals surface area contributed by atoms with Crippen LogP contribution in [0.2, 0.25) is 0 Å². The van der Waals surface area contributed by atoms with Gasteiger partial charge in [0.1, 0.15) is 15.8 Å². The van der Waals surface area contributed by atoms with Crippen molar-refractivity contribution >= 4 is 16.3 Å². The molecule has 0 radical (unpaired) electrons. The third-order valence-electron chi connectivity index (χ3n) is 2.37. The summed E-state index contributed by atoms with van der Waals surface area (Å²) in [7, 11) is 3.97. The lowest BCUT2D eigenvalue weighted by Crippen LogP contribution is -2.08. The van der Waals surface area contributed by atoms with Gasteiger partial charge in [0, 0.05) is 25.9 Å². The molecule has 2 aromatic heterocycles. The zero-order chi connectivity index (χ0) is 12.4. The fourth-order valence-electron chi connectivity index (χ4n) is 1.58. The van der Waals surface area contributed by atoms with Crippen LogP contribution in [0.15, 0.2) is 18.5 Å². The monoisotopic (exact) mass is 251 g/mol. The highest BCUT2D eigenvalue weighted by atomic mass is 32.1. The van der Waals surface area contributed by atoms with E-state index in [1.165, 1.54) is 12.3 Å². The first-order valence-corrected chi connectivity index (χ1v) is 6.21. The minimum atomic E-state index is -0.331. The van der Waals surface area contributed by atoms with Gasteiger partial charge in [-0.25, -0.2) is 9.37 Å². The number of anilines is 1. The van der Waals surface area contributed by atoms with E-state index in [0.29, 0.717) is 0 Å². The molecule has 0 atom stereocenters. The molecule has 5 heteroatoms. The molecule has 0 saturated heterocycles. The highest BCUT2D eigenvalue weighted by Crippen LogP contribution is 2.33. The van der Waals surface area contributed by atoms with E-state index in [2.05, 4.69) is 16.9 Å². The summed E-state index contributed by atoms with van der Waals surface area (Å²) in [6.07, 6.45) is 3.71. The lowest BCUT2D eigenvalue weighted by molar-refractivity contribution is 0.622. The number of hydrogen-bond donors (Lipinski definition) is 0. The van der Waals surface area contributed by atoms with Crippen LogP contribution >= 0.6 is 11.3 Å². The Hall–Kier alpha value is -1.49.